The van der Waals surface area contributed by atoms with E-state index in [-0.39, 0.29) is 15.2 Å². The minimum atomic E-state index is -4.59. The molecule has 0 bridgehead atoms. The number of rotatable bonds is 8. The van der Waals surface area contributed by atoms with E-state index in [1.807, 2.05) is 20.8 Å². The van der Waals surface area contributed by atoms with E-state index in [9.17, 15) is 22.4 Å². The quantitative estimate of drug-likeness (QED) is 0.178. The lowest BCUT2D eigenvalue weighted by Gasteiger charge is -2.18. The van der Waals surface area contributed by atoms with Gasteiger partial charge in [0.05, 0.1) is 16.4 Å². The van der Waals surface area contributed by atoms with Crippen LogP contribution in [0, 0.1) is 0 Å². The van der Waals surface area contributed by atoms with E-state index in [0.29, 0.717) is 12.4 Å². The summed E-state index contributed by atoms with van der Waals surface area (Å²) in [5.41, 5.74) is 10.0. The topological polar surface area (TPSA) is 114 Å². The van der Waals surface area contributed by atoms with E-state index >= 15 is 0 Å². The van der Waals surface area contributed by atoms with Gasteiger partial charge in [0.2, 0.25) is 0 Å². The first kappa shape index (κ1) is 25.8. The van der Waals surface area contributed by atoms with Crippen molar-refractivity contribution in [3.8, 4) is 5.75 Å². The Bertz CT molecular complexity index is 1170. The highest BCUT2D eigenvalue weighted by molar-refractivity contribution is 8.31. The number of sulfone groups is 2. The summed E-state index contributed by atoms with van der Waals surface area (Å²) in [5, 5.41) is 0. The second kappa shape index (κ2) is 10.4. The van der Waals surface area contributed by atoms with Gasteiger partial charge in [-0.3, -0.25) is 0 Å². The molecule has 0 amide bonds. The fraction of sp³-hybridized carbons (Fsp3) is 0.435. The molecule has 9 heteroatoms. The van der Waals surface area contributed by atoms with Crippen LogP contribution in [0.1, 0.15) is 58.9 Å². The lowest BCUT2D eigenvalue weighted by molar-refractivity contribution is 0.00380. The minimum Gasteiger partial charge on any atom is -0.494 e. The Balaban J connectivity index is 2.26. The van der Waals surface area contributed by atoms with Gasteiger partial charge >= 0.3 is 4.38 Å². The van der Waals surface area contributed by atoms with Crippen molar-refractivity contribution in [1.82, 2.24) is 0 Å². The minimum absolute atomic E-state index is 0.206. The molecule has 0 aromatic heterocycles. The molecule has 2 aromatic carbocycles. The average molecular weight is 479 g/mol. The Morgan fingerprint density at radius 3 is 1.78 bits per heavy atom. The predicted molar refractivity (Wildman–Crippen MR) is 124 cm³/mol. The molecule has 0 saturated heterocycles. The maximum absolute atomic E-state index is 12.9. The van der Waals surface area contributed by atoms with Crippen LogP contribution >= 0.6 is 0 Å². The molecule has 0 fully saturated rings. The maximum atomic E-state index is 12.9. The molecule has 0 aliphatic rings. The van der Waals surface area contributed by atoms with Crippen molar-refractivity contribution in [2.45, 2.75) is 68.6 Å². The Hall–Kier alpha value is -2.48. The van der Waals surface area contributed by atoms with Crippen LogP contribution < -0.4 is 4.74 Å². The van der Waals surface area contributed by atoms with Gasteiger partial charge in [0, 0.05) is 0 Å². The fourth-order valence-electron chi connectivity index (χ4n) is 3.02. The molecule has 0 heterocycles. The molecule has 32 heavy (non-hydrogen) atoms. The molecule has 2 rings (SSSR count). The number of unbranched alkanes of at least 4 members (excludes halogenated alkanes) is 3. The monoisotopic (exact) mass is 478 g/mol. The number of ether oxygens (including phenoxy) is 1. The molecular weight excluding hydrogens is 448 g/mol. The summed E-state index contributed by atoms with van der Waals surface area (Å²) in [7, 11) is -9.16. The lowest BCUT2D eigenvalue weighted by Crippen LogP contribution is -2.26. The fourth-order valence-corrected chi connectivity index (χ4v) is 6.36. The molecule has 0 aliphatic carbocycles. The highest BCUT2D eigenvalue weighted by Crippen LogP contribution is 2.26. The molecular formula is C23H30N2O5S2. The van der Waals surface area contributed by atoms with Gasteiger partial charge in [0.15, 0.2) is 0 Å². The summed E-state index contributed by atoms with van der Waals surface area (Å²) < 4.78 is 56.0. The molecule has 0 saturated carbocycles. The Kier molecular flexibility index (Phi) is 8.40. The number of benzene rings is 2. The van der Waals surface area contributed by atoms with E-state index in [1.165, 1.54) is 36.4 Å². The summed E-state index contributed by atoms with van der Waals surface area (Å²) in [6.45, 7) is 8.54. The molecule has 174 valence electrons. The van der Waals surface area contributed by atoms with Crippen LogP contribution in [-0.4, -0.2) is 32.6 Å². The third-order valence-corrected chi connectivity index (χ3v) is 9.16. The van der Waals surface area contributed by atoms with Gasteiger partial charge < -0.3 is 10.3 Å². The zero-order valence-corrected chi connectivity index (χ0v) is 20.5. The van der Waals surface area contributed by atoms with Crippen molar-refractivity contribution < 1.29 is 26.4 Å². The van der Waals surface area contributed by atoms with Gasteiger partial charge in [-0.1, -0.05) is 59.1 Å². The van der Waals surface area contributed by atoms with Crippen LogP contribution in [0.2, 0.25) is 0 Å². The van der Waals surface area contributed by atoms with Crippen molar-refractivity contribution in [3.05, 3.63) is 59.6 Å². The maximum Gasteiger partial charge on any atom is 0.504 e. The molecule has 0 N–H and O–H groups in total. The molecule has 7 nitrogen and oxygen atoms in total. The summed E-state index contributed by atoms with van der Waals surface area (Å²) >= 11 is 0. The van der Waals surface area contributed by atoms with Crippen molar-refractivity contribution in [1.29, 1.82) is 0 Å². The van der Waals surface area contributed by atoms with Gasteiger partial charge in [0.25, 0.3) is 19.7 Å². The first-order chi connectivity index (χ1) is 14.9. The van der Waals surface area contributed by atoms with Crippen LogP contribution in [0.4, 0.5) is 0 Å². The van der Waals surface area contributed by atoms with Gasteiger partial charge in [0.1, 0.15) is 5.75 Å². The van der Waals surface area contributed by atoms with Crippen molar-refractivity contribution in [3.63, 3.8) is 0 Å². The van der Waals surface area contributed by atoms with Gasteiger partial charge in [-0.25, -0.2) is 16.8 Å². The Labute approximate surface area is 190 Å². The SMILES string of the molecule is CCCCCCOc1ccc(S(=O)(=O)C(=[N+]=[N-])S(=O)(=O)c2ccc(C(C)(C)C)cc2)cc1. The summed E-state index contributed by atoms with van der Waals surface area (Å²) in [6.07, 6.45) is 4.18. The van der Waals surface area contributed by atoms with E-state index in [2.05, 4.69) is 11.7 Å². The van der Waals surface area contributed by atoms with Crippen molar-refractivity contribution in [2.75, 3.05) is 6.61 Å². The largest absolute Gasteiger partial charge is 0.504 e. The second-order valence-electron chi connectivity index (χ2n) is 8.53. The smallest absolute Gasteiger partial charge is 0.494 e. The van der Waals surface area contributed by atoms with Crippen LogP contribution in [0.3, 0.4) is 0 Å². The average Bonchev–Trinajstić information content (AvgIpc) is 2.73. The van der Waals surface area contributed by atoms with Crippen molar-refractivity contribution in [2.24, 2.45) is 0 Å². The Morgan fingerprint density at radius 1 is 0.844 bits per heavy atom. The van der Waals surface area contributed by atoms with E-state index in [1.54, 1.807) is 12.1 Å². The number of hydrogen-bond acceptors (Lipinski definition) is 5. The van der Waals surface area contributed by atoms with Crippen LogP contribution in [0.25, 0.3) is 5.53 Å². The van der Waals surface area contributed by atoms with Gasteiger partial charge in [-0.2, -0.15) is 0 Å². The summed E-state index contributed by atoms with van der Waals surface area (Å²) in [6, 6.07) is 11.2. The first-order valence-electron chi connectivity index (χ1n) is 10.5. The highest BCUT2D eigenvalue weighted by Gasteiger charge is 2.44. The zero-order valence-electron chi connectivity index (χ0n) is 18.9. The summed E-state index contributed by atoms with van der Waals surface area (Å²) in [4.78, 5) is 2.09. The third-order valence-electron chi connectivity index (χ3n) is 4.97. The van der Waals surface area contributed by atoms with Crippen LogP contribution in [-0.2, 0) is 25.1 Å². The second-order valence-corrected chi connectivity index (χ2v) is 12.5. The molecule has 2 aromatic rings. The summed E-state index contributed by atoms with van der Waals surface area (Å²) in [5.74, 6) is 0.476. The van der Waals surface area contributed by atoms with Gasteiger partial charge in [-0.15, -0.1) is 4.79 Å². The number of hydrogen-bond donors (Lipinski definition) is 0. The van der Waals surface area contributed by atoms with Crippen LogP contribution in [0.5, 0.6) is 5.75 Å². The molecule has 0 spiro atoms. The standard InChI is InChI=1S/C23H30N2O5S2/c1-5-6-7-8-17-30-19-11-15-21(16-12-19)32(28,29)22(25-24)31(26,27)20-13-9-18(10-14-20)23(2,3)4/h9-16H,5-8,17H2,1-4H3. The third kappa shape index (κ3) is 6.06. The Morgan fingerprint density at radius 2 is 1.34 bits per heavy atom. The van der Waals surface area contributed by atoms with E-state index in [4.69, 9.17) is 4.74 Å². The van der Waals surface area contributed by atoms with Crippen molar-refractivity contribution >= 4 is 24.1 Å². The van der Waals surface area contributed by atoms with Gasteiger partial charge in [-0.05, 0) is 53.8 Å². The van der Waals surface area contributed by atoms with E-state index in [0.717, 1.165) is 31.2 Å². The molecule has 0 radical (unpaired) electrons. The molecule has 0 unspecified atom stereocenters. The zero-order chi connectivity index (χ0) is 24.0. The highest BCUT2D eigenvalue weighted by atomic mass is 32.3. The number of nitrogens with zero attached hydrogens (tertiary/aromatic N) is 2. The first-order valence-corrected chi connectivity index (χ1v) is 13.5. The predicted octanol–water partition coefficient (Wildman–Crippen LogP) is 4.78. The lowest BCUT2D eigenvalue weighted by atomic mass is 9.87. The molecule has 0 atom stereocenters. The normalized spacial score (nSPS) is 12.2. The molecule has 0 aliphatic heterocycles. The van der Waals surface area contributed by atoms with Crippen LogP contribution in [0.15, 0.2) is 58.3 Å². The van der Waals surface area contributed by atoms with E-state index < -0.39 is 24.1 Å².